The number of aromatic nitrogens is 3. The lowest BCUT2D eigenvalue weighted by Gasteiger charge is -2.09. The van der Waals surface area contributed by atoms with Gasteiger partial charge < -0.3 is 11.1 Å². The molecule has 144 valence electrons. The summed E-state index contributed by atoms with van der Waals surface area (Å²) in [7, 11) is 0. The molecule has 0 aliphatic heterocycles. The minimum atomic E-state index is -0.279. The van der Waals surface area contributed by atoms with Crippen LogP contribution in [0.3, 0.4) is 0 Å². The molecule has 7 nitrogen and oxygen atoms in total. The number of hydrogen-bond acceptors (Lipinski definition) is 5. The number of amides is 1. The Balaban J connectivity index is 1.53. The number of nitrogens with zero attached hydrogens (tertiary/aromatic N) is 3. The first-order chi connectivity index (χ1) is 14.0. The topological polar surface area (TPSA) is 103 Å². The molecule has 0 aliphatic rings. The van der Waals surface area contributed by atoms with Crippen LogP contribution in [0.2, 0.25) is 5.02 Å². The van der Waals surface area contributed by atoms with E-state index in [1.165, 1.54) is 4.68 Å². The number of halogens is 1. The van der Waals surface area contributed by atoms with Crippen LogP contribution < -0.4 is 16.6 Å². The zero-order valence-electron chi connectivity index (χ0n) is 15.2. The van der Waals surface area contributed by atoms with Gasteiger partial charge in [0.15, 0.2) is 0 Å². The number of para-hydroxylation sites is 2. The van der Waals surface area contributed by atoms with Crippen LogP contribution in [0.4, 0.5) is 11.4 Å². The van der Waals surface area contributed by atoms with E-state index in [0.29, 0.717) is 32.9 Å². The van der Waals surface area contributed by atoms with Crippen molar-refractivity contribution < 1.29 is 4.79 Å². The highest BCUT2D eigenvalue weighted by molar-refractivity contribution is 6.31. The van der Waals surface area contributed by atoms with Gasteiger partial charge in [0.25, 0.3) is 11.5 Å². The summed E-state index contributed by atoms with van der Waals surface area (Å²) in [6.07, 6.45) is 0. The highest BCUT2D eigenvalue weighted by Crippen LogP contribution is 2.18. The molecule has 0 spiro atoms. The fourth-order valence-electron chi connectivity index (χ4n) is 2.89. The summed E-state index contributed by atoms with van der Waals surface area (Å²) < 4.78 is 1.26. The molecular weight excluding hydrogens is 390 g/mol. The Kier molecular flexibility index (Phi) is 4.97. The Bertz CT molecular complexity index is 1270. The van der Waals surface area contributed by atoms with E-state index in [4.69, 9.17) is 17.3 Å². The van der Waals surface area contributed by atoms with Gasteiger partial charge in [-0.05, 0) is 48.0 Å². The Morgan fingerprint density at radius 2 is 1.83 bits per heavy atom. The number of carbonyl (C=O) groups excluding carboxylic acids is 1. The largest absolute Gasteiger partial charge is 0.397 e. The number of nitrogen functional groups attached to an aromatic ring is 1. The normalized spacial score (nSPS) is 10.8. The lowest BCUT2D eigenvalue weighted by atomic mass is 10.1. The van der Waals surface area contributed by atoms with E-state index >= 15 is 0 Å². The number of rotatable bonds is 4. The third-order valence-electron chi connectivity index (χ3n) is 4.44. The number of carbonyl (C=O) groups is 1. The van der Waals surface area contributed by atoms with E-state index in [1.807, 2.05) is 0 Å². The minimum Gasteiger partial charge on any atom is -0.397 e. The Morgan fingerprint density at radius 3 is 2.59 bits per heavy atom. The number of nitrogens with two attached hydrogens (primary N) is 1. The zero-order chi connectivity index (χ0) is 20.4. The maximum Gasteiger partial charge on any atom is 0.277 e. The molecule has 0 unspecified atom stereocenters. The monoisotopic (exact) mass is 405 g/mol. The van der Waals surface area contributed by atoms with Crippen LogP contribution >= 0.6 is 11.6 Å². The van der Waals surface area contributed by atoms with Gasteiger partial charge in [0, 0.05) is 10.6 Å². The minimum absolute atomic E-state index is 0.224. The van der Waals surface area contributed by atoms with Gasteiger partial charge in [-0.1, -0.05) is 41.1 Å². The van der Waals surface area contributed by atoms with Crippen molar-refractivity contribution in [2.45, 2.75) is 6.54 Å². The van der Waals surface area contributed by atoms with E-state index in [1.54, 1.807) is 66.7 Å². The molecule has 0 fully saturated rings. The van der Waals surface area contributed by atoms with E-state index in [-0.39, 0.29) is 18.0 Å². The van der Waals surface area contributed by atoms with Gasteiger partial charge in [-0.25, -0.2) is 4.68 Å². The molecule has 4 aromatic rings. The van der Waals surface area contributed by atoms with Gasteiger partial charge >= 0.3 is 0 Å². The van der Waals surface area contributed by atoms with Crippen molar-refractivity contribution >= 4 is 39.8 Å². The van der Waals surface area contributed by atoms with Gasteiger partial charge in [-0.2, -0.15) is 0 Å². The molecule has 0 bridgehead atoms. The number of benzene rings is 3. The van der Waals surface area contributed by atoms with Gasteiger partial charge in [0.1, 0.15) is 5.52 Å². The Hall–Kier alpha value is -3.71. The molecule has 3 N–H and O–H groups in total. The molecule has 0 radical (unpaired) electrons. The highest BCUT2D eigenvalue weighted by atomic mass is 35.5. The number of anilines is 2. The lowest BCUT2D eigenvalue weighted by molar-refractivity contribution is 0.102. The standard InChI is InChI=1S/C21H16ClN5O2/c22-15-9-10-18-16(11-15)21(29)27(26-25-18)12-13-5-7-14(8-6-13)20(28)24-19-4-2-1-3-17(19)23/h1-11H,12,23H2,(H,24,28). The van der Waals surface area contributed by atoms with Crippen molar-refractivity contribution in [3.8, 4) is 0 Å². The zero-order valence-corrected chi connectivity index (χ0v) is 15.9. The van der Waals surface area contributed by atoms with Gasteiger partial charge in [0.05, 0.1) is 23.3 Å². The van der Waals surface area contributed by atoms with Crippen LogP contribution in [0.1, 0.15) is 15.9 Å². The molecule has 1 heterocycles. The van der Waals surface area contributed by atoms with Crippen LogP contribution in [-0.2, 0) is 6.54 Å². The fraction of sp³-hybridized carbons (Fsp3) is 0.0476. The van der Waals surface area contributed by atoms with Crippen molar-refractivity contribution in [3.63, 3.8) is 0 Å². The predicted octanol–water partition coefficient (Wildman–Crippen LogP) is 3.33. The van der Waals surface area contributed by atoms with Crippen LogP contribution in [0.15, 0.2) is 71.5 Å². The molecule has 8 heteroatoms. The second kappa shape index (κ2) is 7.73. The Labute approximate surface area is 170 Å². The maximum atomic E-state index is 12.6. The van der Waals surface area contributed by atoms with E-state index < -0.39 is 0 Å². The molecule has 0 saturated heterocycles. The summed E-state index contributed by atoms with van der Waals surface area (Å²) in [4.78, 5) is 25.0. The molecule has 3 aromatic carbocycles. The van der Waals surface area contributed by atoms with Crippen molar-refractivity contribution in [2.24, 2.45) is 0 Å². The van der Waals surface area contributed by atoms with Crippen molar-refractivity contribution in [3.05, 3.63) is 93.2 Å². The van der Waals surface area contributed by atoms with Gasteiger partial charge in [-0.15, -0.1) is 5.10 Å². The van der Waals surface area contributed by atoms with Crippen LogP contribution in [0.25, 0.3) is 10.9 Å². The predicted molar refractivity (Wildman–Crippen MR) is 113 cm³/mol. The smallest absolute Gasteiger partial charge is 0.277 e. The molecule has 0 saturated carbocycles. The second-order valence-electron chi connectivity index (χ2n) is 6.45. The molecule has 0 atom stereocenters. The summed E-state index contributed by atoms with van der Waals surface area (Å²) in [5, 5.41) is 11.7. The quantitative estimate of drug-likeness (QED) is 0.507. The molecular formula is C21H16ClN5O2. The van der Waals surface area contributed by atoms with E-state index in [9.17, 15) is 9.59 Å². The molecule has 4 rings (SSSR count). The van der Waals surface area contributed by atoms with Gasteiger partial charge in [-0.3, -0.25) is 9.59 Å². The molecule has 1 amide bonds. The van der Waals surface area contributed by atoms with Crippen molar-refractivity contribution in [2.75, 3.05) is 11.1 Å². The SMILES string of the molecule is Nc1ccccc1NC(=O)c1ccc(Cn2nnc3ccc(Cl)cc3c2=O)cc1. The fourth-order valence-corrected chi connectivity index (χ4v) is 3.06. The number of hydrogen-bond donors (Lipinski definition) is 2. The average Bonchev–Trinajstić information content (AvgIpc) is 2.72. The highest BCUT2D eigenvalue weighted by Gasteiger charge is 2.10. The first-order valence-corrected chi connectivity index (χ1v) is 9.17. The van der Waals surface area contributed by atoms with Gasteiger partial charge in [0.2, 0.25) is 0 Å². The summed E-state index contributed by atoms with van der Waals surface area (Å²) in [5.41, 5.74) is 8.39. The number of fused-ring (bicyclic) bond motifs is 1. The summed E-state index contributed by atoms with van der Waals surface area (Å²) >= 11 is 5.98. The molecule has 1 aromatic heterocycles. The summed E-state index contributed by atoms with van der Waals surface area (Å²) in [6.45, 7) is 0.224. The number of nitrogens with one attached hydrogen (secondary N) is 1. The maximum absolute atomic E-state index is 12.6. The Morgan fingerprint density at radius 1 is 1.07 bits per heavy atom. The van der Waals surface area contributed by atoms with E-state index in [0.717, 1.165) is 5.56 Å². The summed E-state index contributed by atoms with van der Waals surface area (Å²) in [5.74, 6) is -0.272. The first-order valence-electron chi connectivity index (χ1n) is 8.79. The average molecular weight is 406 g/mol. The molecule has 29 heavy (non-hydrogen) atoms. The third-order valence-corrected chi connectivity index (χ3v) is 4.68. The third kappa shape index (κ3) is 3.95. The van der Waals surface area contributed by atoms with E-state index in [2.05, 4.69) is 15.6 Å². The lowest BCUT2D eigenvalue weighted by Crippen LogP contribution is -2.24. The first kappa shape index (κ1) is 18.6. The van der Waals surface area contributed by atoms with Crippen molar-refractivity contribution in [1.82, 2.24) is 15.0 Å². The second-order valence-corrected chi connectivity index (χ2v) is 6.89. The van der Waals surface area contributed by atoms with Crippen molar-refractivity contribution in [1.29, 1.82) is 0 Å². The van der Waals surface area contributed by atoms with Crippen LogP contribution in [-0.4, -0.2) is 20.9 Å². The molecule has 0 aliphatic carbocycles. The van der Waals surface area contributed by atoms with Crippen LogP contribution in [0.5, 0.6) is 0 Å². The summed E-state index contributed by atoms with van der Waals surface area (Å²) in [6, 6.07) is 18.8. The van der Waals surface area contributed by atoms with Crippen LogP contribution in [0, 0.1) is 0 Å².